The van der Waals surface area contributed by atoms with Gasteiger partial charge in [0.2, 0.25) is 0 Å². The SMILES string of the molecule is CC(=O)SCC(C(=S)Nc1nnn(CC(=O)O)n1)c1ccccc1. The Bertz CT molecular complexity index is 735. The van der Waals surface area contributed by atoms with Gasteiger partial charge in [0.15, 0.2) is 11.7 Å². The summed E-state index contributed by atoms with van der Waals surface area (Å²) in [5, 5.41) is 22.8. The van der Waals surface area contributed by atoms with Gasteiger partial charge in [0.25, 0.3) is 5.95 Å². The van der Waals surface area contributed by atoms with E-state index in [-0.39, 0.29) is 23.5 Å². The number of carboxylic acids is 1. The fourth-order valence-electron chi connectivity index (χ4n) is 1.89. The third kappa shape index (κ3) is 5.39. The lowest BCUT2D eigenvalue weighted by atomic mass is 10.0. The highest BCUT2D eigenvalue weighted by molar-refractivity contribution is 8.13. The molecule has 0 aliphatic carbocycles. The van der Waals surface area contributed by atoms with Crippen molar-refractivity contribution < 1.29 is 14.7 Å². The molecule has 24 heavy (non-hydrogen) atoms. The van der Waals surface area contributed by atoms with E-state index in [0.717, 1.165) is 10.4 Å². The van der Waals surface area contributed by atoms with Gasteiger partial charge in [-0.2, -0.15) is 4.80 Å². The summed E-state index contributed by atoms with van der Waals surface area (Å²) in [4.78, 5) is 23.3. The van der Waals surface area contributed by atoms with E-state index in [1.807, 2.05) is 30.3 Å². The number of carbonyl (C=O) groups is 2. The molecular weight excluding hydrogens is 350 g/mol. The quantitative estimate of drug-likeness (QED) is 0.706. The largest absolute Gasteiger partial charge is 0.480 e. The lowest BCUT2D eigenvalue weighted by molar-refractivity contribution is -0.138. The van der Waals surface area contributed by atoms with Gasteiger partial charge in [-0.05, 0) is 10.8 Å². The monoisotopic (exact) mass is 365 g/mol. The number of carbonyl (C=O) groups excluding carboxylic acids is 1. The van der Waals surface area contributed by atoms with Gasteiger partial charge in [-0.1, -0.05) is 59.4 Å². The number of rotatable bonds is 7. The molecule has 0 amide bonds. The molecule has 0 saturated carbocycles. The first-order valence-corrected chi connectivity index (χ1v) is 8.34. The number of aliphatic carboxylic acids is 1. The van der Waals surface area contributed by atoms with Crippen molar-refractivity contribution in [1.29, 1.82) is 0 Å². The highest BCUT2D eigenvalue weighted by Crippen LogP contribution is 2.23. The Balaban J connectivity index is 2.10. The van der Waals surface area contributed by atoms with Crippen LogP contribution in [0.1, 0.15) is 18.4 Å². The van der Waals surface area contributed by atoms with E-state index in [1.165, 1.54) is 18.7 Å². The van der Waals surface area contributed by atoms with Crippen molar-refractivity contribution in [2.24, 2.45) is 0 Å². The van der Waals surface area contributed by atoms with Gasteiger partial charge in [0.05, 0.1) is 4.99 Å². The van der Waals surface area contributed by atoms with Gasteiger partial charge in [-0.3, -0.25) is 9.59 Å². The first-order chi connectivity index (χ1) is 11.5. The predicted molar refractivity (Wildman–Crippen MR) is 94.0 cm³/mol. The molecule has 0 radical (unpaired) electrons. The van der Waals surface area contributed by atoms with Crippen LogP contribution in [0.25, 0.3) is 0 Å². The lowest BCUT2D eigenvalue weighted by Gasteiger charge is -2.17. The molecule has 1 atom stereocenters. The number of hydrogen-bond donors (Lipinski definition) is 2. The third-order valence-electron chi connectivity index (χ3n) is 2.94. The Morgan fingerprint density at radius 3 is 2.71 bits per heavy atom. The van der Waals surface area contributed by atoms with Gasteiger partial charge < -0.3 is 10.4 Å². The van der Waals surface area contributed by atoms with Crippen LogP contribution >= 0.6 is 24.0 Å². The average molecular weight is 365 g/mol. The molecule has 1 heterocycles. The van der Waals surface area contributed by atoms with E-state index >= 15 is 0 Å². The minimum Gasteiger partial charge on any atom is -0.480 e. The summed E-state index contributed by atoms with van der Waals surface area (Å²) in [5.74, 6) is -0.674. The molecule has 10 heteroatoms. The minimum absolute atomic E-state index is 0.00394. The first kappa shape index (κ1) is 18.0. The Kier molecular flexibility index (Phi) is 6.38. The average Bonchev–Trinajstić information content (AvgIpc) is 2.94. The molecule has 0 spiro atoms. The van der Waals surface area contributed by atoms with Crippen LogP contribution in [0.4, 0.5) is 5.95 Å². The zero-order valence-corrected chi connectivity index (χ0v) is 14.4. The number of tetrazole rings is 1. The summed E-state index contributed by atoms with van der Waals surface area (Å²) >= 11 is 6.60. The molecule has 2 aromatic rings. The molecule has 2 N–H and O–H groups in total. The molecule has 0 bridgehead atoms. The van der Waals surface area contributed by atoms with Crippen molar-refractivity contribution in [2.45, 2.75) is 19.4 Å². The molecule has 1 aromatic carbocycles. The van der Waals surface area contributed by atoms with Gasteiger partial charge in [-0.15, -0.1) is 5.10 Å². The summed E-state index contributed by atoms with van der Waals surface area (Å²) in [6, 6.07) is 9.53. The molecule has 0 saturated heterocycles. The Morgan fingerprint density at radius 2 is 2.08 bits per heavy atom. The summed E-state index contributed by atoms with van der Waals surface area (Å²) < 4.78 is 0. The van der Waals surface area contributed by atoms with E-state index in [0.29, 0.717) is 10.7 Å². The predicted octanol–water partition coefficient (Wildman–Crippen LogP) is 1.56. The van der Waals surface area contributed by atoms with Crippen molar-refractivity contribution in [3.05, 3.63) is 35.9 Å². The Hall–Kier alpha value is -2.33. The van der Waals surface area contributed by atoms with E-state index in [2.05, 4.69) is 20.7 Å². The van der Waals surface area contributed by atoms with Crippen LogP contribution in [0.5, 0.6) is 0 Å². The standard InChI is InChI=1S/C14H15N5O3S2/c1-9(20)24-8-11(10-5-3-2-4-6-10)13(23)15-14-16-18-19(17-14)7-12(21)22/h2-6,11H,7-8H2,1H3,(H,21,22)(H,15,17,23). The normalized spacial score (nSPS) is 11.7. The zero-order chi connectivity index (χ0) is 17.5. The fourth-order valence-corrected chi connectivity index (χ4v) is 3.06. The highest BCUT2D eigenvalue weighted by Gasteiger charge is 2.19. The zero-order valence-electron chi connectivity index (χ0n) is 12.7. The van der Waals surface area contributed by atoms with Crippen LogP contribution < -0.4 is 5.32 Å². The van der Waals surface area contributed by atoms with Crippen LogP contribution in [0.2, 0.25) is 0 Å². The third-order valence-corrected chi connectivity index (χ3v) is 4.23. The maximum absolute atomic E-state index is 11.3. The molecule has 0 aliphatic heterocycles. The van der Waals surface area contributed by atoms with Crippen LogP contribution in [0.15, 0.2) is 30.3 Å². The van der Waals surface area contributed by atoms with Gasteiger partial charge in [0, 0.05) is 18.6 Å². The molecule has 1 aromatic heterocycles. The molecule has 8 nitrogen and oxygen atoms in total. The maximum atomic E-state index is 11.3. The van der Waals surface area contributed by atoms with E-state index in [4.69, 9.17) is 17.3 Å². The number of anilines is 1. The van der Waals surface area contributed by atoms with Gasteiger partial charge in [-0.25, -0.2) is 0 Å². The Labute approximate surface area is 147 Å². The number of aromatic nitrogens is 4. The van der Waals surface area contributed by atoms with E-state index in [9.17, 15) is 9.59 Å². The van der Waals surface area contributed by atoms with Crippen molar-refractivity contribution in [1.82, 2.24) is 20.2 Å². The van der Waals surface area contributed by atoms with Crippen LogP contribution in [0, 0.1) is 0 Å². The lowest BCUT2D eigenvalue weighted by Crippen LogP contribution is -2.22. The van der Waals surface area contributed by atoms with Crippen LogP contribution in [-0.4, -0.2) is 47.1 Å². The van der Waals surface area contributed by atoms with Crippen molar-refractivity contribution in [3.63, 3.8) is 0 Å². The van der Waals surface area contributed by atoms with Crippen LogP contribution in [0.3, 0.4) is 0 Å². The molecule has 1 unspecified atom stereocenters. The van der Waals surface area contributed by atoms with E-state index in [1.54, 1.807) is 0 Å². The van der Waals surface area contributed by atoms with Crippen molar-refractivity contribution in [2.75, 3.05) is 11.1 Å². The first-order valence-electron chi connectivity index (χ1n) is 6.94. The van der Waals surface area contributed by atoms with Crippen molar-refractivity contribution >= 4 is 46.0 Å². The van der Waals surface area contributed by atoms with Gasteiger partial charge in [0.1, 0.15) is 0 Å². The summed E-state index contributed by atoms with van der Waals surface area (Å²) in [6.45, 7) is 1.12. The molecule has 2 rings (SSSR count). The number of benzene rings is 1. The van der Waals surface area contributed by atoms with Crippen molar-refractivity contribution in [3.8, 4) is 0 Å². The maximum Gasteiger partial charge on any atom is 0.327 e. The van der Waals surface area contributed by atoms with Crippen LogP contribution in [-0.2, 0) is 16.1 Å². The topological polar surface area (TPSA) is 110 Å². The van der Waals surface area contributed by atoms with Gasteiger partial charge >= 0.3 is 5.97 Å². The van der Waals surface area contributed by atoms with E-state index < -0.39 is 5.97 Å². The smallest absolute Gasteiger partial charge is 0.327 e. The summed E-state index contributed by atoms with van der Waals surface area (Å²) in [5.41, 5.74) is 0.960. The Morgan fingerprint density at radius 1 is 1.38 bits per heavy atom. The fraction of sp³-hybridized carbons (Fsp3) is 0.286. The molecule has 0 aliphatic rings. The number of hydrogen-bond acceptors (Lipinski definition) is 7. The number of nitrogens with zero attached hydrogens (tertiary/aromatic N) is 4. The highest BCUT2D eigenvalue weighted by atomic mass is 32.2. The second-order valence-corrected chi connectivity index (χ2v) is 6.43. The number of thiocarbonyl (C=S) groups is 1. The molecule has 0 fully saturated rings. The second-order valence-electron chi connectivity index (χ2n) is 4.79. The summed E-state index contributed by atoms with van der Waals surface area (Å²) in [6.07, 6.45) is 0. The minimum atomic E-state index is -1.07. The molecule has 126 valence electrons. The summed E-state index contributed by atoms with van der Waals surface area (Å²) in [7, 11) is 0. The number of carboxylic acid groups (broad SMARTS) is 1. The molecular formula is C14H15N5O3S2. The second kappa shape index (κ2) is 8.50. The number of thioether (sulfide) groups is 1. The number of nitrogens with one attached hydrogen (secondary N) is 1.